The van der Waals surface area contributed by atoms with Crippen LogP contribution in [0, 0.1) is 17.3 Å². The van der Waals surface area contributed by atoms with E-state index in [9.17, 15) is 19.5 Å². The highest BCUT2D eigenvalue weighted by Gasteiger charge is 2.56. The molecule has 4 rings (SSSR count). The molecule has 4 aliphatic rings. The van der Waals surface area contributed by atoms with Gasteiger partial charge in [-0.05, 0) is 57.4 Å². The third-order valence-corrected chi connectivity index (χ3v) is 9.26. The van der Waals surface area contributed by atoms with Gasteiger partial charge in [-0.3, -0.25) is 14.4 Å². The molecule has 38 heavy (non-hydrogen) atoms. The average Bonchev–Trinajstić information content (AvgIpc) is 2.91. The first-order chi connectivity index (χ1) is 18.5. The Bertz CT molecular complexity index is 909. The quantitative estimate of drug-likeness (QED) is 0.370. The number of Topliss-reactive ketones (excluding diaryl/α,β-unsaturated/α-hetero) is 1. The summed E-state index contributed by atoms with van der Waals surface area (Å²) in [6.45, 7) is 2.49. The van der Waals surface area contributed by atoms with E-state index < -0.39 is 12.0 Å². The number of aliphatic hydroxyl groups is 1. The lowest BCUT2D eigenvalue weighted by molar-refractivity contribution is -0.153. The summed E-state index contributed by atoms with van der Waals surface area (Å²) in [5.74, 6) is -0.607. The van der Waals surface area contributed by atoms with Gasteiger partial charge in [0.15, 0.2) is 5.78 Å². The second-order valence-electron chi connectivity index (χ2n) is 12.0. The number of aliphatic hydroxyl groups excluding tert-OH is 1. The van der Waals surface area contributed by atoms with E-state index >= 15 is 0 Å². The molecular weight excluding hydrogens is 476 g/mol. The minimum Gasteiger partial charge on any atom is -0.389 e. The lowest BCUT2D eigenvalue weighted by Crippen LogP contribution is -2.59. The summed E-state index contributed by atoms with van der Waals surface area (Å²) in [6, 6.07) is 0. The van der Waals surface area contributed by atoms with Crippen LogP contribution in [0.2, 0.25) is 0 Å². The van der Waals surface area contributed by atoms with Crippen molar-refractivity contribution in [1.29, 1.82) is 0 Å². The highest BCUT2D eigenvalue weighted by atomic mass is 16.3. The number of carbonyl (C=O) groups excluding carboxylic acids is 3. The van der Waals surface area contributed by atoms with E-state index in [-0.39, 0.29) is 23.0 Å². The molecule has 0 aromatic carbocycles. The number of piperidine rings is 1. The van der Waals surface area contributed by atoms with Crippen molar-refractivity contribution in [3.63, 3.8) is 0 Å². The first-order valence-corrected chi connectivity index (χ1v) is 15.3. The number of hydrogen-bond donors (Lipinski definition) is 1. The minimum atomic E-state index is -0.722. The van der Waals surface area contributed by atoms with E-state index in [1.807, 2.05) is 17.1 Å². The van der Waals surface area contributed by atoms with Crippen molar-refractivity contribution in [3.8, 4) is 0 Å². The standard InChI is InChI=1S/C32H48N2O4/c35-25-33-19-14-10-6-2-1-5-9-13-18-32-23-28-27(17-21-33)30(37)29(32)22-26(36)16-12-8-4-3-7-11-15-20-34(24-32)31(28)38/h3,7-8,12,22,25-28,36H,1-2,4-6,9-11,13-21,23-24H2/b7-3-,12-8-,29-22-/t26-,27-,28+,32+/m1/s1. The molecule has 2 amide bonds. The smallest absolute Gasteiger partial charge is 0.226 e. The van der Waals surface area contributed by atoms with Crippen LogP contribution >= 0.6 is 0 Å². The largest absolute Gasteiger partial charge is 0.389 e. The van der Waals surface area contributed by atoms with Crippen molar-refractivity contribution < 1.29 is 19.5 Å². The number of nitrogens with zero attached hydrogens (tertiary/aromatic N) is 2. The van der Waals surface area contributed by atoms with Gasteiger partial charge in [-0.1, -0.05) is 69.2 Å². The lowest BCUT2D eigenvalue weighted by atomic mass is 9.56. The average molecular weight is 525 g/mol. The molecule has 3 heterocycles. The predicted molar refractivity (Wildman–Crippen MR) is 150 cm³/mol. The number of allylic oxidation sites excluding steroid dienone is 3. The summed E-state index contributed by atoms with van der Waals surface area (Å²) in [4.78, 5) is 43.7. The van der Waals surface area contributed by atoms with Gasteiger partial charge in [0.1, 0.15) is 0 Å². The Morgan fingerprint density at radius 2 is 1.58 bits per heavy atom. The maximum absolute atomic E-state index is 14.2. The molecule has 6 heteroatoms. The van der Waals surface area contributed by atoms with Gasteiger partial charge in [0.2, 0.25) is 12.3 Å². The summed E-state index contributed by atoms with van der Waals surface area (Å²) in [5.41, 5.74) is 0.373. The summed E-state index contributed by atoms with van der Waals surface area (Å²) >= 11 is 0. The first kappa shape index (κ1) is 28.8. The molecule has 0 unspecified atom stereocenters. The highest BCUT2D eigenvalue weighted by Crippen LogP contribution is 2.52. The number of fused-ring (bicyclic) bond motifs is 4. The van der Waals surface area contributed by atoms with Crippen molar-refractivity contribution in [2.75, 3.05) is 26.2 Å². The van der Waals surface area contributed by atoms with Crippen molar-refractivity contribution in [2.24, 2.45) is 17.3 Å². The van der Waals surface area contributed by atoms with Crippen molar-refractivity contribution in [2.45, 2.75) is 102 Å². The van der Waals surface area contributed by atoms with Crippen LogP contribution in [0.5, 0.6) is 0 Å². The molecule has 0 aromatic heterocycles. The van der Waals surface area contributed by atoms with Crippen LogP contribution < -0.4 is 0 Å². The lowest BCUT2D eigenvalue weighted by Gasteiger charge is -2.53. The van der Waals surface area contributed by atoms with Crippen molar-refractivity contribution in [1.82, 2.24) is 9.80 Å². The van der Waals surface area contributed by atoms with Gasteiger partial charge in [0, 0.05) is 49.0 Å². The monoisotopic (exact) mass is 524 g/mol. The Balaban J connectivity index is 1.71. The number of hydrogen-bond acceptors (Lipinski definition) is 4. The predicted octanol–water partition coefficient (Wildman–Crippen LogP) is 5.37. The zero-order valence-corrected chi connectivity index (χ0v) is 23.2. The maximum atomic E-state index is 14.2. The van der Waals surface area contributed by atoms with Gasteiger partial charge in [0.05, 0.1) is 6.10 Å². The molecule has 4 bridgehead atoms. The number of ketones is 1. The molecule has 1 spiro atoms. The summed E-state index contributed by atoms with van der Waals surface area (Å²) in [7, 11) is 0. The Labute approximate surface area is 229 Å². The molecule has 3 aliphatic heterocycles. The highest BCUT2D eigenvalue weighted by molar-refractivity contribution is 6.03. The van der Waals surface area contributed by atoms with Gasteiger partial charge in [-0.2, -0.15) is 0 Å². The molecule has 3 fully saturated rings. The summed E-state index contributed by atoms with van der Waals surface area (Å²) in [6.07, 6.45) is 24.8. The molecule has 0 aromatic rings. The number of amides is 2. The van der Waals surface area contributed by atoms with Crippen molar-refractivity contribution in [3.05, 3.63) is 36.0 Å². The maximum Gasteiger partial charge on any atom is 0.226 e. The zero-order valence-electron chi connectivity index (χ0n) is 23.2. The third-order valence-electron chi connectivity index (χ3n) is 9.26. The van der Waals surface area contributed by atoms with E-state index in [0.717, 1.165) is 63.3 Å². The molecule has 1 aliphatic carbocycles. The normalized spacial score (nSPS) is 35.9. The van der Waals surface area contributed by atoms with Gasteiger partial charge >= 0.3 is 0 Å². The molecule has 4 atom stereocenters. The topological polar surface area (TPSA) is 77.9 Å². The fraction of sp³-hybridized carbons (Fsp3) is 0.719. The van der Waals surface area contributed by atoms with E-state index in [1.54, 1.807) is 4.90 Å². The van der Waals surface area contributed by atoms with E-state index in [2.05, 4.69) is 18.2 Å². The SMILES string of the molecule is O=CN1CCCCCCCCCC[C@@]23C[C@@H]4C(=O)N(CCC/C=C\C/C=C\C[C@@H](O)/C=C\2C(=O)[C@@H]4CC1)C3. The zero-order chi connectivity index (χ0) is 26.8. The molecule has 2 saturated heterocycles. The first-order valence-electron chi connectivity index (χ1n) is 15.3. The number of carbonyl (C=O) groups is 3. The minimum absolute atomic E-state index is 0.0402. The van der Waals surface area contributed by atoms with Crippen LogP contribution in [0.1, 0.15) is 96.3 Å². The van der Waals surface area contributed by atoms with E-state index in [1.165, 1.54) is 25.7 Å². The molecule has 210 valence electrons. The van der Waals surface area contributed by atoms with Crippen LogP contribution in [-0.2, 0) is 14.4 Å². The van der Waals surface area contributed by atoms with Gasteiger partial charge in [-0.25, -0.2) is 0 Å². The van der Waals surface area contributed by atoms with Crippen molar-refractivity contribution >= 4 is 18.1 Å². The van der Waals surface area contributed by atoms with E-state index in [0.29, 0.717) is 45.4 Å². The second kappa shape index (κ2) is 14.3. The fourth-order valence-electron chi connectivity index (χ4n) is 7.15. The van der Waals surface area contributed by atoms with Crippen LogP contribution in [0.4, 0.5) is 0 Å². The molecule has 6 nitrogen and oxygen atoms in total. The van der Waals surface area contributed by atoms with Crippen LogP contribution in [-0.4, -0.2) is 65.3 Å². The van der Waals surface area contributed by atoms with Gasteiger partial charge < -0.3 is 14.9 Å². The van der Waals surface area contributed by atoms with Crippen LogP contribution in [0.15, 0.2) is 36.0 Å². The van der Waals surface area contributed by atoms with Gasteiger partial charge in [0.25, 0.3) is 0 Å². The summed E-state index contributed by atoms with van der Waals surface area (Å²) < 4.78 is 0. The van der Waals surface area contributed by atoms with Crippen LogP contribution in [0.25, 0.3) is 0 Å². The third kappa shape index (κ3) is 7.25. The number of rotatable bonds is 1. The second-order valence-corrected chi connectivity index (χ2v) is 12.0. The fourth-order valence-corrected chi connectivity index (χ4v) is 7.15. The van der Waals surface area contributed by atoms with Crippen LogP contribution in [0.3, 0.4) is 0 Å². The van der Waals surface area contributed by atoms with E-state index in [4.69, 9.17) is 0 Å². The Morgan fingerprint density at radius 1 is 0.842 bits per heavy atom. The summed E-state index contributed by atoms with van der Waals surface area (Å²) in [5, 5.41) is 11.0. The molecule has 1 N–H and O–H groups in total. The van der Waals surface area contributed by atoms with Gasteiger partial charge in [-0.15, -0.1) is 0 Å². The Hall–Kier alpha value is -2.21. The molecule has 1 saturated carbocycles. The molecule has 0 radical (unpaired) electrons. The Morgan fingerprint density at radius 3 is 2.37 bits per heavy atom. The molecular formula is C32H48N2O4. The Kier molecular flexibility index (Phi) is 10.8.